The highest BCUT2D eigenvalue weighted by Crippen LogP contribution is 2.40. The van der Waals surface area contributed by atoms with Crippen molar-refractivity contribution < 1.29 is 31.5 Å². The maximum absolute atomic E-state index is 16.5. The van der Waals surface area contributed by atoms with Crippen molar-refractivity contribution >= 4 is 23.1 Å². The molecule has 230 valence electrons. The molecule has 14 heteroatoms. The number of pyridine rings is 2. The van der Waals surface area contributed by atoms with Crippen molar-refractivity contribution in [3.63, 3.8) is 0 Å². The van der Waals surface area contributed by atoms with Gasteiger partial charge < -0.3 is 24.8 Å². The first-order valence-electron chi connectivity index (χ1n) is 13.7. The van der Waals surface area contributed by atoms with Crippen LogP contribution in [0.4, 0.5) is 39.1 Å². The number of aromatic amines is 1. The summed E-state index contributed by atoms with van der Waals surface area (Å²) in [5, 5.41) is 2.28. The Morgan fingerprint density at radius 2 is 1.74 bits per heavy atom. The minimum Gasteiger partial charge on any atom is -0.378 e. The van der Waals surface area contributed by atoms with Crippen molar-refractivity contribution in [3.8, 4) is 11.1 Å². The normalized spacial score (nSPS) is 19.9. The molecule has 2 atom stereocenters. The molecule has 5 rings (SSSR count). The zero-order valence-electron chi connectivity index (χ0n) is 23.8. The molecule has 43 heavy (non-hydrogen) atoms. The molecule has 3 aromatic rings. The van der Waals surface area contributed by atoms with E-state index in [0.29, 0.717) is 51.4 Å². The molecule has 0 spiro atoms. The van der Waals surface area contributed by atoms with Crippen molar-refractivity contribution in [2.24, 2.45) is 0 Å². The van der Waals surface area contributed by atoms with Crippen molar-refractivity contribution in [1.82, 2.24) is 14.9 Å². The fraction of sp³-hybridized carbons (Fsp3) is 0.414. The van der Waals surface area contributed by atoms with Gasteiger partial charge in [-0.25, -0.2) is 13.8 Å². The van der Waals surface area contributed by atoms with Crippen LogP contribution in [0.15, 0.2) is 41.5 Å². The molecule has 2 aromatic heterocycles. The number of carbonyl (C=O) groups is 1. The molecule has 2 N–H and O–H groups in total. The monoisotopic (exact) mass is 606 g/mol. The quantitative estimate of drug-likeness (QED) is 0.418. The lowest BCUT2D eigenvalue weighted by Crippen LogP contribution is -2.55. The van der Waals surface area contributed by atoms with E-state index in [2.05, 4.69) is 20.2 Å². The van der Waals surface area contributed by atoms with Gasteiger partial charge in [-0.1, -0.05) is 0 Å². The van der Waals surface area contributed by atoms with E-state index >= 15 is 8.78 Å². The molecule has 9 nitrogen and oxygen atoms in total. The number of carbonyl (C=O) groups excluding carboxylic acids is 1. The fourth-order valence-corrected chi connectivity index (χ4v) is 5.45. The van der Waals surface area contributed by atoms with Gasteiger partial charge in [0, 0.05) is 62.8 Å². The van der Waals surface area contributed by atoms with Gasteiger partial charge in [0.2, 0.25) is 5.56 Å². The van der Waals surface area contributed by atoms with Crippen LogP contribution in [0.2, 0.25) is 0 Å². The predicted octanol–water partition coefficient (Wildman–Crippen LogP) is 4.35. The average Bonchev–Trinajstić information content (AvgIpc) is 2.97. The summed E-state index contributed by atoms with van der Waals surface area (Å²) in [5.41, 5.74) is -4.29. The summed E-state index contributed by atoms with van der Waals surface area (Å²) in [5.74, 6) is -2.91. The van der Waals surface area contributed by atoms with Gasteiger partial charge in [-0.2, -0.15) is 13.2 Å². The number of amides is 1. The molecule has 0 radical (unpaired) electrons. The number of hydrogen-bond donors (Lipinski definition) is 2. The number of piperazine rings is 1. The van der Waals surface area contributed by atoms with Crippen molar-refractivity contribution in [2.75, 3.05) is 61.6 Å². The molecule has 2 saturated heterocycles. The summed E-state index contributed by atoms with van der Waals surface area (Å²) in [7, 11) is 1.92. The van der Waals surface area contributed by atoms with Crippen molar-refractivity contribution in [2.45, 2.75) is 32.1 Å². The summed E-state index contributed by atoms with van der Waals surface area (Å²) in [6.07, 6.45) is -3.00. The third-order valence-electron chi connectivity index (χ3n) is 7.98. The van der Waals surface area contributed by atoms with E-state index in [1.165, 1.54) is 18.3 Å². The second kappa shape index (κ2) is 11.9. The van der Waals surface area contributed by atoms with Gasteiger partial charge in [0.05, 0.1) is 35.6 Å². The van der Waals surface area contributed by atoms with Gasteiger partial charge in [-0.05, 0) is 38.6 Å². The number of hydrogen-bond acceptors (Lipinski definition) is 7. The van der Waals surface area contributed by atoms with E-state index in [1.807, 2.05) is 25.8 Å². The number of alkyl halides is 3. The van der Waals surface area contributed by atoms with Gasteiger partial charge in [0.1, 0.15) is 17.3 Å². The van der Waals surface area contributed by atoms with Crippen molar-refractivity contribution in [3.05, 3.63) is 69.8 Å². The van der Waals surface area contributed by atoms with E-state index in [1.54, 1.807) is 4.90 Å². The molecule has 1 amide bonds. The number of ether oxygens (including phenoxy) is 1. The summed E-state index contributed by atoms with van der Waals surface area (Å²) in [6.45, 7) is 6.53. The third kappa shape index (κ3) is 6.20. The molecule has 2 aliphatic heterocycles. The van der Waals surface area contributed by atoms with Crippen LogP contribution < -0.4 is 20.7 Å². The van der Waals surface area contributed by atoms with Crippen LogP contribution >= 0.6 is 0 Å². The largest absolute Gasteiger partial charge is 0.417 e. The number of nitrogens with zero attached hydrogens (tertiary/aromatic N) is 4. The smallest absolute Gasteiger partial charge is 0.378 e. The van der Waals surface area contributed by atoms with Gasteiger partial charge in [-0.15, -0.1) is 0 Å². The highest BCUT2D eigenvalue weighted by atomic mass is 19.4. The SMILES string of the molecule is C[C@@H]1CN(c2cc(F)c(-c3ccnc(N4CCOCC4)c3)c(F)c2NC(=O)c2c[nH]c(=O)cc2C(F)(F)F)C[C@H](C)N1C. The number of anilines is 3. The van der Waals surface area contributed by atoms with Gasteiger partial charge in [-0.3, -0.25) is 14.5 Å². The van der Waals surface area contributed by atoms with Crippen LogP contribution in [0, 0.1) is 11.6 Å². The number of halogens is 5. The second-order valence-corrected chi connectivity index (χ2v) is 10.8. The van der Waals surface area contributed by atoms with Crippen LogP contribution in [0.5, 0.6) is 0 Å². The topological polar surface area (TPSA) is 93.8 Å². The van der Waals surface area contributed by atoms with Crippen LogP contribution in [-0.2, 0) is 10.9 Å². The third-order valence-corrected chi connectivity index (χ3v) is 7.98. The molecule has 1 aromatic carbocycles. The minimum atomic E-state index is -5.04. The Balaban J connectivity index is 1.63. The number of benzene rings is 1. The van der Waals surface area contributed by atoms with E-state index in [4.69, 9.17) is 4.74 Å². The summed E-state index contributed by atoms with van der Waals surface area (Å²) < 4.78 is 79.0. The van der Waals surface area contributed by atoms with Gasteiger partial charge in [0.25, 0.3) is 5.91 Å². The van der Waals surface area contributed by atoms with Crippen LogP contribution in [0.1, 0.15) is 29.8 Å². The first-order chi connectivity index (χ1) is 20.3. The first-order valence-corrected chi connectivity index (χ1v) is 13.7. The number of nitrogens with one attached hydrogen (secondary N) is 2. The Morgan fingerprint density at radius 3 is 2.40 bits per heavy atom. The van der Waals surface area contributed by atoms with E-state index in [9.17, 15) is 22.8 Å². The lowest BCUT2D eigenvalue weighted by molar-refractivity contribution is -0.138. The minimum absolute atomic E-state index is 0.0145. The molecular formula is C29H31F5N6O3. The van der Waals surface area contributed by atoms with E-state index < -0.39 is 51.7 Å². The van der Waals surface area contributed by atoms with E-state index in [0.717, 1.165) is 6.07 Å². The number of morpholine rings is 1. The zero-order valence-corrected chi connectivity index (χ0v) is 23.8. The molecule has 2 aliphatic rings. The average molecular weight is 607 g/mol. The highest BCUT2D eigenvalue weighted by molar-refractivity contribution is 6.07. The van der Waals surface area contributed by atoms with Crippen LogP contribution in [0.3, 0.4) is 0 Å². The Morgan fingerprint density at radius 1 is 1.07 bits per heavy atom. The zero-order chi connectivity index (χ0) is 31.1. The molecule has 0 saturated carbocycles. The second-order valence-electron chi connectivity index (χ2n) is 10.8. The van der Waals surface area contributed by atoms with E-state index in [-0.39, 0.29) is 29.4 Å². The Labute approximate surface area is 244 Å². The van der Waals surface area contributed by atoms with Crippen LogP contribution in [-0.4, -0.2) is 79.3 Å². The Kier molecular flexibility index (Phi) is 8.43. The highest BCUT2D eigenvalue weighted by Gasteiger charge is 2.37. The van der Waals surface area contributed by atoms with Gasteiger partial charge >= 0.3 is 6.18 Å². The Bertz CT molecular complexity index is 1560. The van der Waals surface area contributed by atoms with Crippen molar-refractivity contribution in [1.29, 1.82) is 0 Å². The molecule has 0 unspecified atom stereocenters. The summed E-state index contributed by atoms with van der Waals surface area (Å²) >= 11 is 0. The molecule has 2 fully saturated rings. The fourth-order valence-electron chi connectivity index (χ4n) is 5.45. The standard InChI is InChI=1S/C29H31F5N6O3/c1-16-14-40(15-17(2)38(16)3)22-12-21(30)25(18-4-5-35-23(10-18)39-6-8-43-9-7-39)26(31)27(22)37-28(42)19-13-36-24(41)11-20(19)29(32,33)34/h4-5,10-13,16-17H,6-9,14-15H2,1-3H3,(H,36,41)(H,37,42)/t16-,17+. The first kappa shape index (κ1) is 30.4. The maximum Gasteiger partial charge on any atom is 0.417 e. The predicted molar refractivity (Wildman–Crippen MR) is 152 cm³/mol. The number of rotatable bonds is 5. The number of likely N-dealkylation sites (N-methyl/N-ethyl adjacent to an activating group) is 1. The molecule has 0 bridgehead atoms. The molecular weight excluding hydrogens is 575 g/mol. The van der Waals surface area contributed by atoms with Crippen LogP contribution in [0.25, 0.3) is 11.1 Å². The summed E-state index contributed by atoms with van der Waals surface area (Å²) in [6, 6.07) is 4.21. The Hall–Kier alpha value is -4.04. The number of aromatic nitrogens is 2. The lowest BCUT2D eigenvalue weighted by atomic mass is 10.0. The maximum atomic E-state index is 16.5. The molecule has 4 heterocycles. The van der Waals surface area contributed by atoms with Gasteiger partial charge in [0.15, 0.2) is 5.82 Å². The summed E-state index contributed by atoms with van der Waals surface area (Å²) in [4.78, 5) is 37.0. The lowest BCUT2D eigenvalue weighted by Gasteiger charge is -2.44. The molecule has 0 aliphatic carbocycles. The number of H-pyrrole nitrogens is 1.